The first kappa shape index (κ1) is 21.1. The van der Waals surface area contributed by atoms with Crippen molar-refractivity contribution in [3.8, 4) is 5.75 Å². The molecule has 7 nitrogen and oxygen atoms in total. The standard InChI is InChI=1S/C23H25N3O4S/c1-15-13-19(25-22(27)18-10-6-12-29-18)31-20(15)23(28)26-21-17(9-5-11-24-21)30-14-16-7-3-2-4-8-16/h5-6,9-13,16H,2-4,7-8,14H2,1H3,(H,25,27)(H,24,26,28). The van der Waals surface area contributed by atoms with Crippen molar-refractivity contribution < 1.29 is 18.7 Å². The van der Waals surface area contributed by atoms with Gasteiger partial charge in [-0.15, -0.1) is 11.3 Å². The maximum Gasteiger partial charge on any atom is 0.291 e. The first-order valence-corrected chi connectivity index (χ1v) is 11.3. The summed E-state index contributed by atoms with van der Waals surface area (Å²) < 4.78 is 11.1. The van der Waals surface area contributed by atoms with E-state index in [0.29, 0.717) is 34.0 Å². The third-order valence-electron chi connectivity index (χ3n) is 5.31. The van der Waals surface area contributed by atoms with Crippen molar-refractivity contribution in [3.05, 3.63) is 59.0 Å². The third kappa shape index (κ3) is 5.32. The highest BCUT2D eigenvalue weighted by Crippen LogP contribution is 2.30. The van der Waals surface area contributed by atoms with E-state index in [-0.39, 0.29) is 17.6 Å². The molecule has 0 unspecified atom stereocenters. The Morgan fingerprint density at radius 1 is 1.16 bits per heavy atom. The molecule has 1 saturated carbocycles. The summed E-state index contributed by atoms with van der Waals surface area (Å²) >= 11 is 1.20. The summed E-state index contributed by atoms with van der Waals surface area (Å²) in [6, 6.07) is 8.61. The molecule has 3 heterocycles. The Morgan fingerprint density at radius 2 is 2.00 bits per heavy atom. The molecule has 4 rings (SSSR count). The Kier molecular flexibility index (Phi) is 6.66. The number of hydrogen-bond donors (Lipinski definition) is 2. The number of carbonyl (C=O) groups is 2. The summed E-state index contributed by atoms with van der Waals surface area (Å²) in [6.45, 7) is 2.46. The van der Waals surface area contributed by atoms with Crippen molar-refractivity contribution in [2.75, 3.05) is 17.2 Å². The number of nitrogens with one attached hydrogen (secondary N) is 2. The third-order valence-corrected chi connectivity index (χ3v) is 6.46. The predicted molar refractivity (Wildman–Crippen MR) is 120 cm³/mol. The van der Waals surface area contributed by atoms with Gasteiger partial charge in [0.05, 0.1) is 22.7 Å². The SMILES string of the molecule is Cc1cc(NC(=O)c2ccco2)sc1C(=O)Nc1ncccc1OCC1CCCCC1. The molecule has 0 atom stereocenters. The second-order valence-electron chi connectivity index (χ2n) is 7.67. The molecule has 31 heavy (non-hydrogen) atoms. The largest absolute Gasteiger partial charge is 0.489 e. The van der Waals surface area contributed by atoms with Crippen LogP contribution in [0.15, 0.2) is 47.2 Å². The summed E-state index contributed by atoms with van der Waals surface area (Å²) in [5, 5.41) is 6.18. The zero-order chi connectivity index (χ0) is 21.6. The second-order valence-corrected chi connectivity index (χ2v) is 8.73. The van der Waals surface area contributed by atoms with Gasteiger partial charge in [0.1, 0.15) is 0 Å². The fourth-order valence-corrected chi connectivity index (χ4v) is 4.64. The minimum absolute atomic E-state index is 0.213. The number of carbonyl (C=O) groups excluding carboxylic acids is 2. The van der Waals surface area contributed by atoms with E-state index in [1.165, 1.54) is 49.7 Å². The number of ether oxygens (including phenoxy) is 1. The Balaban J connectivity index is 1.41. The molecule has 0 aliphatic heterocycles. The smallest absolute Gasteiger partial charge is 0.291 e. The lowest BCUT2D eigenvalue weighted by Gasteiger charge is -2.22. The number of furan rings is 1. The van der Waals surface area contributed by atoms with Crippen LogP contribution in [0.1, 0.15) is 57.9 Å². The summed E-state index contributed by atoms with van der Waals surface area (Å²) in [7, 11) is 0. The van der Waals surface area contributed by atoms with E-state index in [0.717, 1.165) is 5.56 Å². The highest BCUT2D eigenvalue weighted by atomic mass is 32.1. The molecule has 1 fully saturated rings. The molecule has 0 bridgehead atoms. The molecule has 2 amide bonds. The van der Waals surface area contributed by atoms with Crippen LogP contribution in [-0.4, -0.2) is 23.4 Å². The van der Waals surface area contributed by atoms with Gasteiger partial charge in [-0.3, -0.25) is 9.59 Å². The molecule has 3 aromatic rings. The lowest BCUT2D eigenvalue weighted by molar-refractivity contribution is 0.0995. The minimum atomic E-state index is -0.360. The summed E-state index contributed by atoms with van der Waals surface area (Å²) in [4.78, 5) is 29.9. The van der Waals surface area contributed by atoms with Gasteiger partial charge in [0.25, 0.3) is 11.8 Å². The van der Waals surface area contributed by atoms with Crippen molar-refractivity contribution in [1.82, 2.24) is 4.98 Å². The molecule has 0 saturated heterocycles. The minimum Gasteiger partial charge on any atom is -0.489 e. The number of rotatable bonds is 7. The number of anilines is 2. The van der Waals surface area contributed by atoms with Crippen LogP contribution in [0.5, 0.6) is 5.75 Å². The topological polar surface area (TPSA) is 93.5 Å². The van der Waals surface area contributed by atoms with Gasteiger partial charge in [-0.1, -0.05) is 19.3 Å². The van der Waals surface area contributed by atoms with E-state index >= 15 is 0 Å². The Hall–Kier alpha value is -3.13. The molecule has 0 spiro atoms. The van der Waals surface area contributed by atoms with Gasteiger partial charge in [-0.25, -0.2) is 4.98 Å². The maximum atomic E-state index is 12.9. The monoisotopic (exact) mass is 439 g/mol. The van der Waals surface area contributed by atoms with Crippen molar-refractivity contribution in [2.24, 2.45) is 5.92 Å². The van der Waals surface area contributed by atoms with Gasteiger partial charge in [0.15, 0.2) is 17.3 Å². The average molecular weight is 440 g/mol. The van der Waals surface area contributed by atoms with Crippen molar-refractivity contribution in [2.45, 2.75) is 39.0 Å². The van der Waals surface area contributed by atoms with Gasteiger partial charge in [-0.2, -0.15) is 0 Å². The number of aromatic nitrogens is 1. The van der Waals surface area contributed by atoms with E-state index < -0.39 is 0 Å². The zero-order valence-electron chi connectivity index (χ0n) is 17.3. The highest BCUT2D eigenvalue weighted by molar-refractivity contribution is 7.18. The number of amides is 2. The molecular formula is C23H25N3O4S. The predicted octanol–water partition coefficient (Wildman–Crippen LogP) is 5.51. The van der Waals surface area contributed by atoms with Crippen LogP contribution in [0.4, 0.5) is 10.8 Å². The number of thiophene rings is 1. The molecule has 1 aliphatic carbocycles. The van der Waals surface area contributed by atoms with Crippen LogP contribution in [0.2, 0.25) is 0 Å². The Morgan fingerprint density at radius 3 is 2.77 bits per heavy atom. The van der Waals surface area contributed by atoms with Crippen LogP contribution in [0, 0.1) is 12.8 Å². The summed E-state index contributed by atoms with van der Waals surface area (Å²) in [6.07, 6.45) is 9.23. The molecule has 2 N–H and O–H groups in total. The van der Waals surface area contributed by atoms with Gasteiger partial charge < -0.3 is 19.8 Å². The summed E-state index contributed by atoms with van der Waals surface area (Å²) in [5.74, 6) is 1.09. The first-order chi connectivity index (χ1) is 15.1. The first-order valence-electron chi connectivity index (χ1n) is 10.4. The van der Waals surface area contributed by atoms with E-state index in [2.05, 4.69) is 15.6 Å². The van der Waals surface area contributed by atoms with E-state index in [9.17, 15) is 9.59 Å². The molecule has 1 aliphatic rings. The second kappa shape index (κ2) is 9.78. The Bertz CT molecular complexity index is 1040. The van der Waals surface area contributed by atoms with Crippen molar-refractivity contribution >= 4 is 34.0 Å². The molecule has 3 aromatic heterocycles. The Labute approximate surface area is 184 Å². The average Bonchev–Trinajstić information content (AvgIpc) is 3.44. The van der Waals surface area contributed by atoms with Crippen LogP contribution in [0.25, 0.3) is 0 Å². The number of hydrogen-bond acceptors (Lipinski definition) is 6. The lowest BCUT2D eigenvalue weighted by Crippen LogP contribution is -2.17. The molecule has 0 radical (unpaired) electrons. The molecule has 8 heteroatoms. The van der Waals surface area contributed by atoms with Crippen LogP contribution < -0.4 is 15.4 Å². The molecule has 162 valence electrons. The van der Waals surface area contributed by atoms with E-state index in [4.69, 9.17) is 9.15 Å². The number of pyridine rings is 1. The van der Waals surface area contributed by atoms with Crippen LogP contribution >= 0.6 is 11.3 Å². The quantitative estimate of drug-likeness (QED) is 0.506. The van der Waals surface area contributed by atoms with Crippen molar-refractivity contribution in [1.29, 1.82) is 0 Å². The van der Waals surface area contributed by atoms with E-state index in [1.807, 2.05) is 13.0 Å². The maximum absolute atomic E-state index is 12.9. The van der Waals surface area contributed by atoms with Gasteiger partial charge in [0.2, 0.25) is 0 Å². The van der Waals surface area contributed by atoms with Crippen molar-refractivity contribution in [3.63, 3.8) is 0 Å². The number of aryl methyl sites for hydroxylation is 1. The van der Waals surface area contributed by atoms with Crippen LogP contribution in [-0.2, 0) is 0 Å². The molecule has 0 aromatic carbocycles. The van der Waals surface area contributed by atoms with E-state index in [1.54, 1.807) is 30.5 Å². The van der Waals surface area contributed by atoms with Gasteiger partial charge >= 0.3 is 0 Å². The highest BCUT2D eigenvalue weighted by Gasteiger charge is 2.19. The zero-order valence-corrected chi connectivity index (χ0v) is 18.2. The normalized spacial score (nSPS) is 14.2. The van der Waals surface area contributed by atoms with Gasteiger partial charge in [-0.05, 0) is 61.6 Å². The van der Waals surface area contributed by atoms with Crippen LogP contribution in [0.3, 0.4) is 0 Å². The van der Waals surface area contributed by atoms with Gasteiger partial charge in [0, 0.05) is 6.20 Å². The fourth-order valence-electron chi connectivity index (χ4n) is 3.68. The summed E-state index contributed by atoms with van der Waals surface area (Å²) in [5.41, 5.74) is 0.762. The molecular weight excluding hydrogens is 414 g/mol. The number of nitrogens with zero attached hydrogens (tertiary/aromatic N) is 1. The fraction of sp³-hybridized carbons (Fsp3) is 0.348. The lowest BCUT2D eigenvalue weighted by atomic mass is 9.90.